The molecule has 2 rings (SSSR count). The van der Waals surface area contributed by atoms with Crippen LogP contribution in [0.5, 0.6) is 0 Å². The molecule has 1 unspecified atom stereocenters. The van der Waals surface area contributed by atoms with Crippen LogP contribution in [-0.4, -0.2) is 37.8 Å². The van der Waals surface area contributed by atoms with Crippen LogP contribution in [0, 0.1) is 5.92 Å². The normalized spacial score (nSPS) is 20.7. The van der Waals surface area contributed by atoms with Crippen LogP contribution in [0.1, 0.15) is 43.3 Å². The lowest BCUT2D eigenvalue weighted by Crippen LogP contribution is -2.38. The van der Waals surface area contributed by atoms with Crippen LogP contribution in [-0.2, 0) is 10.0 Å². The Bertz CT molecular complexity index is 607. The fourth-order valence-electron chi connectivity index (χ4n) is 2.42. The second kappa shape index (κ2) is 6.46. The zero-order chi connectivity index (χ0) is 15.6. The highest BCUT2D eigenvalue weighted by atomic mass is 32.2. The number of hydrogen-bond acceptors (Lipinski definition) is 4. The predicted molar refractivity (Wildman–Crippen MR) is 84.1 cm³/mol. The minimum absolute atomic E-state index is 0.0302. The van der Waals surface area contributed by atoms with Gasteiger partial charge in [0.15, 0.2) is 0 Å². The number of amides is 1. The minimum atomic E-state index is -3.47. The van der Waals surface area contributed by atoms with Gasteiger partial charge in [0.1, 0.15) is 0 Å². The summed E-state index contributed by atoms with van der Waals surface area (Å²) in [6.45, 7) is 6.94. The molecule has 0 aliphatic carbocycles. The maximum absolute atomic E-state index is 12.6. The molecular weight excluding hydrogens is 308 g/mol. The third-order valence-electron chi connectivity index (χ3n) is 3.48. The number of nitrogens with zero attached hydrogens (tertiary/aromatic N) is 1. The van der Waals surface area contributed by atoms with Gasteiger partial charge in [-0.3, -0.25) is 4.79 Å². The van der Waals surface area contributed by atoms with Crippen LogP contribution >= 0.6 is 11.3 Å². The highest BCUT2D eigenvalue weighted by Crippen LogP contribution is 2.26. The number of carbonyl (C=O) groups is 1. The summed E-state index contributed by atoms with van der Waals surface area (Å²) in [6, 6.07) is 1.51. The van der Waals surface area contributed by atoms with Gasteiger partial charge >= 0.3 is 0 Å². The van der Waals surface area contributed by atoms with Crippen molar-refractivity contribution in [2.75, 3.05) is 13.1 Å². The standard InChI is InChI=1S/C14H22N2O3S2/c1-10(2)15-14(17)13-7-12(9-20-13)21(18,19)16-6-4-5-11(3)8-16/h7,9-11H,4-6,8H2,1-3H3,(H,15,17). The maximum Gasteiger partial charge on any atom is 0.261 e. The van der Waals surface area contributed by atoms with Gasteiger partial charge in [-0.2, -0.15) is 4.31 Å². The number of thiophene rings is 1. The van der Waals surface area contributed by atoms with Crippen LogP contribution in [0.15, 0.2) is 16.3 Å². The molecule has 1 atom stereocenters. The van der Waals surface area contributed by atoms with Crippen molar-refractivity contribution in [3.05, 3.63) is 16.3 Å². The van der Waals surface area contributed by atoms with E-state index in [9.17, 15) is 13.2 Å². The lowest BCUT2D eigenvalue weighted by molar-refractivity contribution is 0.0947. The Morgan fingerprint density at radius 3 is 2.81 bits per heavy atom. The molecule has 5 nitrogen and oxygen atoms in total. The van der Waals surface area contributed by atoms with E-state index < -0.39 is 10.0 Å². The van der Waals surface area contributed by atoms with E-state index in [2.05, 4.69) is 12.2 Å². The van der Waals surface area contributed by atoms with Crippen molar-refractivity contribution in [3.8, 4) is 0 Å². The summed E-state index contributed by atoms with van der Waals surface area (Å²) in [5, 5.41) is 4.33. The van der Waals surface area contributed by atoms with Gasteiger partial charge in [-0.15, -0.1) is 11.3 Å². The van der Waals surface area contributed by atoms with Crippen LogP contribution < -0.4 is 5.32 Å². The molecular formula is C14H22N2O3S2. The minimum Gasteiger partial charge on any atom is -0.349 e. The maximum atomic E-state index is 12.6. The van der Waals surface area contributed by atoms with E-state index in [1.165, 1.54) is 21.7 Å². The molecule has 0 spiro atoms. The molecule has 21 heavy (non-hydrogen) atoms. The number of sulfonamides is 1. The van der Waals surface area contributed by atoms with E-state index in [0.29, 0.717) is 23.9 Å². The van der Waals surface area contributed by atoms with Crippen molar-refractivity contribution in [2.45, 2.75) is 44.6 Å². The van der Waals surface area contributed by atoms with E-state index in [0.717, 1.165) is 12.8 Å². The summed E-state index contributed by atoms with van der Waals surface area (Å²) < 4.78 is 26.7. The highest BCUT2D eigenvalue weighted by Gasteiger charge is 2.29. The Labute approximate surface area is 130 Å². The van der Waals surface area contributed by atoms with Crippen LogP contribution in [0.4, 0.5) is 0 Å². The van der Waals surface area contributed by atoms with E-state index in [1.54, 1.807) is 5.38 Å². The van der Waals surface area contributed by atoms with Crippen LogP contribution in [0.25, 0.3) is 0 Å². The van der Waals surface area contributed by atoms with E-state index >= 15 is 0 Å². The number of rotatable bonds is 4. The van der Waals surface area contributed by atoms with Gasteiger partial charge in [0.2, 0.25) is 10.0 Å². The molecule has 1 fully saturated rings. The van der Waals surface area contributed by atoms with Crippen molar-refractivity contribution in [1.29, 1.82) is 0 Å². The number of nitrogens with one attached hydrogen (secondary N) is 1. The molecule has 1 aromatic rings. The molecule has 1 aliphatic rings. The van der Waals surface area contributed by atoms with Crippen molar-refractivity contribution in [1.82, 2.24) is 9.62 Å². The first-order chi connectivity index (χ1) is 9.80. The fraction of sp³-hybridized carbons (Fsp3) is 0.643. The number of piperidine rings is 1. The van der Waals surface area contributed by atoms with Crippen molar-refractivity contribution in [2.24, 2.45) is 5.92 Å². The summed E-state index contributed by atoms with van der Waals surface area (Å²) in [5.74, 6) is 0.166. The molecule has 1 saturated heterocycles. The molecule has 1 aliphatic heterocycles. The molecule has 7 heteroatoms. The zero-order valence-corrected chi connectivity index (χ0v) is 14.3. The van der Waals surface area contributed by atoms with E-state index in [1.807, 2.05) is 13.8 Å². The van der Waals surface area contributed by atoms with Crippen LogP contribution in [0.2, 0.25) is 0 Å². The molecule has 2 heterocycles. The predicted octanol–water partition coefficient (Wildman–Crippen LogP) is 2.31. The smallest absolute Gasteiger partial charge is 0.261 e. The molecule has 1 aromatic heterocycles. The van der Waals surface area contributed by atoms with Gasteiger partial charge in [-0.1, -0.05) is 6.92 Å². The third kappa shape index (κ3) is 3.84. The quantitative estimate of drug-likeness (QED) is 0.921. The Hall–Kier alpha value is -0.920. The Kier molecular flexibility index (Phi) is 5.06. The lowest BCUT2D eigenvalue weighted by atomic mass is 10.0. The molecule has 118 valence electrons. The lowest BCUT2D eigenvalue weighted by Gasteiger charge is -2.29. The zero-order valence-electron chi connectivity index (χ0n) is 12.6. The summed E-state index contributed by atoms with van der Waals surface area (Å²) in [4.78, 5) is 12.6. The van der Waals surface area contributed by atoms with Gasteiger partial charge in [0, 0.05) is 24.5 Å². The average molecular weight is 330 g/mol. The molecule has 0 saturated carbocycles. The highest BCUT2D eigenvalue weighted by molar-refractivity contribution is 7.89. The van der Waals surface area contributed by atoms with Gasteiger partial charge in [-0.25, -0.2) is 8.42 Å². The van der Waals surface area contributed by atoms with Crippen molar-refractivity contribution in [3.63, 3.8) is 0 Å². The summed E-state index contributed by atoms with van der Waals surface area (Å²) in [5.41, 5.74) is 0. The van der Waals surface area contributed by atoms with Gasteiger partial charge in [-0.05, 0) is 38.7 Å². The van der Waals surface area contributed by atoms with Crippen molar-refractivity contribution < 1.29 is 13.2 Å². The first-order valence-electron chi connectivity index (χ1n) is 7.20. The molecule has 0 radical (unpaired) electrons. The number of hydrogen-bond donors (Lipinski definition) is 1. The summed E-state index contributed by atoms with van der Waals surface area (Å²) in [6.07, 6.45) is 1.96. The number of carbonyl (C=O) groups excluding carboxylic acids is 1. The monoisotopic (exact) mass is 330 g/mol. The van der Waals surface area contributed by atoms with E-state index in [4.69, 9.17) is 0 Å². The topological polar surface area (TPSA) is 66.5 Å². The third-order valence-corrected chi connectivity index (χ3v) is 6.40. The Balaban J connectivity index is 2.18. The first kappa shape index (κ1) is 16.5. The van der Waals surface area contributed by atoms with Gasteiger partial charge < -0.3 is 5.32 Å². The largest absolute Gasteiger partial charge is 0.349 e. The molecule has 1 N–H and O–H groups in total. The fourth-order valence-corrected chi connectivity index (χ4v) is 5.18. The second-order valence-electron chi connectivity index (χ2n) is 5.89. The van der Waals surface area contributed by atoms with E-state index in [-0.39, 0.29) is 16.8 Å². The SMILES string of the molecule is CC1CCCN(S(=O)(=O)c2csc(C(=O)NC(C)C)c2)C1. The first-order valence-corrected chi connectivity index (χ1v) is 9.52. The second-order valence-corrected chi connectivity index (χ2v) is 8.73. The molecule has 1 amide bonds. The Morgan fingerprint density at radius 1 is 1.48 bits per heavy atom. The Morgan fingerprint density at radius 2 is 2.19 bits per heavy atom. The average Bonchev–Trinajstić information content (AvgIpc) is 2.88. The van der Waals surface area contributed by atoms with Crippen LogP contribution in [0.3, 0.4) is 0 Å². The van der Waals surface area contributed by atoms with Gasteiger partial charge in [0.25, 0.3) is 5.91 Å². The molecule has 0 bridgehead atoms. The van der Waals surface area contributed by atoms with Gasteiger partial charge in [0.05, 0.1) is 9.77 Å². The molecule has 0 aromatic carbocycles. The summed E-state index contributed by atoms with van der Waals surface area (Å²) in [7, 11) is -3.47. The summed E-state index contributed by atoms with van der Waals surface area (Å²) >= 11 is 1.17. The van der Waals surface area contributed by atoms with Crippen molar-refractivity contribution >= 4 is 27.3 Å².